The van der Waals surface area contributed by atoms with Crippen molar-refractivity contribution in [3.05, 3.63) is 16.8 Å². The highest BCUT2D eigenvalue weighted by molar-refractivity contribution is 7.94. The van der Waals surface area contributed by atoms with Crippen LogP contribution in [0, 0.1) is 0 Å². The molecule has 0 saturated carbocycles. The Morgan fingerprint density at radius 1 is 1.38 bits per heavy atom. The van der Waals surface area contributed by atoms with Crippen molar-refractivity contribution in [3.63, 3.8) is 0 Å². The predicted molar refractivity (Wildman–Crippen MR) is 56.6 cm³/mol. The predicted octanol–water partition coefficient (Wildman–Crippen LogP) is 2.29. The van der Waals surface area contributed by atoms with Crippen LogP contribution in [0.15, 0.2) is 16.8 Å². The molecule has 3 nitrogen and oxygen atoms in total. The van der Waals surface area contributed by atoms with Crippen molar-refractivity contribution < 1.29 is 8.42 Å². The van der Waals surface area contributed by atoms with Crippen LogP contribution < -0.4 is 4.72 Å². The van der Waals surface area contributed by atoms with Gasteiger partial charge in [0.25, 0.3) is 0 Å². The third-order valence-electron chi connectivity index (χ3n) is 1.58. The summed E-state index contributed by atoms with van der Waals surface area (Å²) in [4.78, 5) is 0. The smallest absolute Gasteiger partial charge is 0.237 e. The number of thiophene rings is 1. The molecule has 0 spiro atoms. The van der Waals surface area contributed by atoms with Crippen LogP contribution in [0.1, 0.15) is 20.8 Å². The second-order valence-electron chi connectivity index (χ2n) is 3.73. The van der Waals surface area contributed by atoms with Gasteiger partial charge in [-0.3, -0.25) is 4.72 Å². The first-order chi connectivity index (χ1) is 5.83. The van der Waals surface area contributed by atoms with Crippen LogP contribution >= 0.6 is 11.3 Å². The van der Waals surface area contributed by atoms with Gasteiger partial charge in [0.2, 0.25) is 10.0 Å². The zero-order valence-electron chi connectivity index (χ0n) is 7.87. The minimum Gasteiger partial charge on any atom is -0.282 e. The summed E-state index contributed by atoms with van der Waals surface area (Å²) >= 11 is 1.46. The first-order valence-electron chi connectivity index (χ1n) is 3.87. The molecule has 0 fully saturated rings. The molecule has 1 rings (SSSR count). The topological polar surface area (TPSA) is 46.2 Å². The average Bonchev–Trinajstić information content (AvgIpc) is 2.35. The number of nitrogens with one attached hydrogen (secondary N) is 1. The SMILES string of the molecule is CC(C)(C)S(=O)(=O)Nc1ccsc1. The summed E-state index contributed by atoms with van der Waals surface area (Å²) in [7, 11) is -3.26. The van der Waals surface area contributed by atoms with Gasteiger partial charge in [-0.25, -0.2) is 8.42 Å². The molecule has 0 atom stereocenters. The van der Waals surface area contributed by atoms with Crippen LogP contribution in [0.2, 0.25) is 0 Å². The number of hydrogen-bond donors (Lipinski definition) is 1. The molecule has 0 saturated heterocycles. The van der Waals surface area contributed by atoms with Crippen molar-refractivity contribution in [2.45, 2.75) is 25.5 Å². The molecule has 74 valence electrons. The van der Waals surface area contributed by atoms with Gasteiger partial charge >= 0.3 is 0 Å². The van der Waals surface area contributed by atoms with E-state index in [1.165, 1.54) is 11.3 Å². The lowest BCUT2D eigenvalue weighted by atomic mass is 10.3. The van der Waals surface area contributed by atoms with Gasteiger partial charge in [-0.15, -0.1) is 0 Å². The lowest BCUT2D eigenvalue weighted by Gasteiger charge is -2.19. The molecule has 13 heavy (non-hydrogen) atoms. The quantitative estimate of drug-likeness (QED) is 0.829. The zero-order chi connectivity index (χ0) is 10.1. The van der Waals surface area contributed by atoms with Crippen LogP contribution in [0.25, 0.3) is 0 Å². The third-order valence-corrected chi connectivity index (χ3v) is 4.38. The van der Waals surface area contributed by atoms with E-state index in [9.17, 15) is 8.42 Å². The molecule has 0 aromatic carbocycles. The van der Waals surface area contributed by atoms with Crippen molar-refractivity contribution in [2.75, 3.05) is 4.72 Å². The second kappa shape index (κ2) is 3.31. The lowest BCUT2D eigenvalue weighted by molar-refractivity contribution is 0.566. The summed E-state index contributed by atoms with van der Waals surface area (Å²) in [6.45, 7) is 5.01. The van der Waals surface area contributed by atoms with Crippen LogP contribution in [-0.4, -0.2) is 13.2 Å². The van der Waals surface area contributed by atoms with Crippen molar-refractivity contribution in [2.24, 2.45) is 0 Å². The Labute approximate surface area is 82.8 Å². The van der Waals surface area contributed by atoms with Gasteiger partial charge in [-0.05, 0) is 32.2 Å². The minimum atomic E-state index is -3.26. The monoisotopic (exact) mass is 219 g/mol. The van der Waals surface area contributed by atoms with E-state index in [-0.39, 0.29) is 0 Å². The Morgan fingerprint density at radius 3 is 2.38 bits per heavy atom. The Bertz CT molecular complexity index is 359. The Kier molecular flexibility index (Phi) is 2.68. The fraction of sp³-hybridized carbons (Fsp3) is 0.500. The van der Waals surface area contributed by atoms with Gasteiger partial charge < -0.3 is 0 Å². The summed E-state index contributed by atoms with van der Waals surface area (Å²) in [6.07, 6.45) is 0. The minimum absolute atomic E-state index is 0.639. The molecule has 0 amide bonds. The molecule has 0 bridgehead atoms. The zero-order valence-corrected chi connectivity index (χ0v) is 9.50. The van der Waals surface area contributed by atoms with Crippen molar-refractivity contribution >= 4 is 27.0 Å². The van der Waals surface area contributed by atoms with Crippen LogP contribution in [0.3, 0.4) is 0 Å². The third kappa shape index (κ3) is 2.45. The van der Waals surface area contributed by atoms with E-state index in [1.807, 2.05) is 5.38 Å². The summed E-state index contributed by atoms with van der Waals surface area (Å²) in [5, 5.41) is 3.60. The molecule has 0 unspecified atom stereocenters. The Hall–Kier alpha value is -0.550. The molecule has 0 aliphatic carbocycles. The number of hydrogen-bond acceptors (Lipinski definition) is 3. The summed E-state index contributed by atoms with van der Waals surface area (Å²) in [5.74, 6) is 0. The van der Waals surface area contributed by atoms with E-state index < -0.39 is 14.8 Å². The van der Waals surface area contributed by atoms with E-state index in [0.29, 0.717) is 5.69 Å². The maximum absolute atomic E-state index is 11.6. The number of sulfonamides is 1. The Morgan fingerprint density at radius 2 is 2.00 bits per heavy atom. The van der Waals surface area contributed by atoms with E-state index in [4.69, 9.17) is 0 Å². The van der Waals surface area contributed by atoms with Gasteiger partial charge in [0, 0.05) is 5.38 Å². The maximum Gasteiger partial charge on any atom is 0.237 e. The molecular formula is C8H13NO2S2. The van der Waals surface area contributed by atoms with Gasteiger partial charge in [0.15, 0.2) is 0 Å². The molecule has 1 N–H and O–H groups in total. The molecule has 1 aromatic heterocycles. The van der Waals surface area contributed by atoms with E-state index in [0.717, 1.165) is 0 Å². The van der Waals surface area contributed by atoms with Gasteiger partial charge in [-0.2, -0.15) is 11.3 Å². The van der Waals surface area contributed by atoms with Gasteiger partial charge in [0.1, 0.15) is 0 Å². The normalized spacial score (nSPS) is 12.8. The van der Waals surface area contributed by atoms with Crippen molar-refractivity contribution in [1.29, 1.82) is 0 Å². The van der Waals surface area contributed by atoms with Crippen LogP contribution in [0.4, 0.5) is 5.69 Å². The summed E-state index contributed by atoms with van der Waals surface area (Å²) in [5.41, 5.74) is 0.639. The van der Waals surface area contributed by atoms with E-state index in [2.05, 4.69) is 4.72 Å². The average molecular weight is 219 g/mol. The van der Waals surface area contributed by atoms with E-state index in [1.54, 1.807) is 32.2 Å². The standard InChI is InChI=1S/C8H13NO2S2/c1-8(2,3)13(10,11)9-7-4-5-12-6-7/h4-6,9H,1-3H3. The molecule has 0 aliphatic heterocycles. The fourth-order valence-corrected chi connectivity index (χ4v) is 2.04. The highest BCUT2D eigenvalue weighted by atomic mass is 32.2. The lowest BCUT2D eigenvalue weighted by Crippen LogP contribution is -2.33. The van der Waals surface area contributed by atoms with Crippen LogP contribution in [0.5, 0.6) is 0 Å². The molecular weight excluding hydrogens is 206 g/mol. The van der Waals surface area contributed by atoms with E-state index >= 15 is 0 Å². The molecule has 0 radical (unpaired) electrons. The number of rotatable bonds is 2. The van der Waals surface area contributed by atoms with Crippen molar-refractivity contribution in [1.82, 2.24) is 0 Å². The first-order valence-corrected chi connectivity index (χ1v) is 6.30. The molecule has 1 heterocycles. The largest absolute Gasteiger partial charge is 0.282 e. The summed E-state index contributed by atoms with van der Waals surface area (Å²) in [6, 6.07) is 1.74. The summed E-state index contributed by atoms with van der Waals surface area (Å²) < 4.78 is 25.0. The molecule has 5 heteroatoms. The molecule has 1 aromatic rings. The first kappa shape index (κ1) is 10.5. The maximum atomic E-state index is 11.6. The van der Waals surface area contributed by atoms with Gasteiger partial charge in [-0.1, -0.05) is 0 Å². The highest BCUT2D eigenvalue weighted by Gasteiger charge is 2.28. The second-order valence-corrected chi connectivity index (χ2v) is 6.95. The van der Waals surface area contributed by atoms with Crippen LogP contribution in [-0.2, 0) is 10.0 Å². The Balaban J connectivity index is 2.87. The fourth-order valence-electron chi connectivity index (χ4n) is 0.631. The highest BCUT2D eigenvalue weighted by Crippen LogP contribution is 2.20. The van der Waals surface area contributed by atoms with Crippen molar-refractivity contribution in [3.8, 4) is 0 Å². The van der Waals surface area contributed by atoms with Gasteiger partial charge in [0.05, 0.1) is 10.4 Å². The number of anilines is 1. The molecule has 0 aliphatic rings.